The van der Waals surface area contributed by atoms with Gasteiger partial charge in [0, 0.05) is 12.6 Å². The molecule has 0 aliphatic rings. The van der Waals surface area contributed by atoms with E-state index in [0.717, 1.165) is 0 Å². The standard InChI is InChI=1S/C20H17Cl2N5O5S/c1-10(28)23-15-7-11(27(8-16(29)30)9-17(31)32-2)3-5-13(15)25-26-20-24-14-6-4-12(21)18(22)19(14)33-20/h3-7H,8-9H2,1-2H3,(H,23,28)(H,29,30). The van der Waals surface area contributed by atoms with E-state index in [2.05, 4.69) is 25.3 Å². The SMILES string of the molecule is COC(=O)CN(CC(=O)O)c1ccc(N=Nc2nc3ccc(Cl)c(Cl)c3s2)c(NC(C)=O)c1. The van der Waals surface area contributed by atoms with Crippen LogP contribution in [-0.2, 0) is 19.1 Å². The summed E-state index contributed by atoms with van der Waals surface area (Å²) in [6.07, 6.45) is 0. The van der Waals surface area contributed by atoms with Crippen molar-refractivity contribution in [1.82, 2.24) is 4.98 Å². The molecule has 172 valence electrons. The number of anilines is 2. The summed E-state index contributed by atoms with van der Waals surface area (Å²) >= 11 is 13.4. The fourth-order valence-corrected chi connectivity index (χ4v) is 4.10. The summed E-state index contributed by atoms with van der Waals surface area (Å²) in [5.74, 6) is -2.13. The van der Waals surface area contributed by atoms with Crippen molar-refractivity contribution in [2.45, 2.75) is 6.92 Å². The summed E-state index contributed by atoms with van der Waals surface area (Å²) in [6, 6.07) is 7.94. The number of carbonyl (C=O) groups excluding carboxylic acids is 2. The van der Waals surface area contributed by atoms with Gasteiger partial charge in [0.25, 0.3) is 0 Å². The summed E-state index contributed by atoms with van der Waals surface area (Å²) in [6.45, 7) is 0.568. The van der Waals surface area contributed by atoms with E-state index in [4.69, 9.17) is 23.2 Å². The van der Waals surface area contributed by atoms with Gasteiger partial charge in [0.1, 0.15) is 18.8 Å². The van der Waals surface area contributed by atoms with Gasteiger partial charge in [-0.15, -0.1) is 10.2 Å². The van der Waals surface area contributed by atoms with Gasteiger partial charge < -0.3 is 20.1 Å². The topological polar surface area (TPSA) is 134 Å². The lowest BCUT2D eigenvalue weighted by Crippen LogP contribution is -2.35. The Kier molecular flexibility index (Phi) is 7.79. The lowest BCUT2D eigenvalue weighted by atomic mass is 10.2. The number of aromatic nitrogens is 1. The van der Waals surface area contributed by atoms with Crippen LogP contribution in [0, 0.1) is 0 Å². The number of azo groups is 1. The second-order valence-corrected chi connectivity index (χ2v) is 8.38. The van der Waals surface area contributed by atoms with E-state index in [1.807, 2.05) is 0 Å². The minimum Gasteiger partial charge on any atom is -0.480 e. The zero-order chi connectivity index (χ0) is 24.1. The first-order valence-electron chi connectivity index (χ1n) is 9.29. The van der Waals surface area contributed by atoms with Gasteiger partial charge in [0.05, 0.1) is 33.1 Å². The van der Waals surface area contributed by atoms with Gasteiger partial charge in [-0.2, -0.15) is 0 Å². The Bertz CT molecular complexity index is 1260. The monoisotopic (exact) mass is 509 g/mol. The molecule has 33 heavy (non-hydrogen) atoms. The highest BCUT2D eigenvalue weighted by Gasteiger charge is 2.17. The number of carboxylic acids is 1. The number of hydrogen-bond donors (Lipinski definition) is 2. The Morgan fingerprint density at radius 1 is 1.18 bits per heavy atom. The smallest absolute Gasteiger partial charge is 0.325 e. The largest absolute Gasteiger partial charge is 0.480 e. The zero-order valence-electron chi connectivity index (χ0n) is 17.3. The zero-order valence-corrected chi connectivity index (χ0v) is 19.7. The van der Waals surface area contributed by atoms with E-state index in [0.29, 0.717) is 36.8 Å². The van der Waals surface area contributed by atoms with Crippen molar-refractivity contribution in [3.8, 4) is 0 Å². The molecule has 2 N–H and O–H groups in total. The van der Waals surface area contributed by atoms with Crippen LogP contribution < -0.4 is 10.2 Å². The first-order chi connectivity index (χ1) is 15.7. The molecule has 3 rings (SSSR count). The van der Waals surface area contributed by atoms with Crippen molar-refractivity contribution >= 4 is 84.8 Å². The number of aliphatic carboxylic acids is 1. The molecule has 0 fully saturated rings. The molecule has 0 bridgehead atoms. The normalized spacial score (nSPS) is 11.0. The first-order valence-corrected chi connectivity index (χ1v) is 10.9. The maximum Gasteiger partial charge on any atom is 0.325 e. The fourth-order valence-electron chi connectivity index (χ4n) is 2.78. The number of carbonyl (C=O) groups is 3. The highest BCUT2D eigenvalue weighted by atomic mass is 35.5. The Morgan fingerprint density at radius 2 is 1.94 bits per heavy atom. The third-order valence-electron chi connectivity index (χ3n) is 4.21. The van der Waals surface area contributed by atoms with E-state index in [1.165, 1.54) is 42.4 Å². The third-order valence-corrected chi connectivity index (χ3v) is 6.10. The van der Waals surface area contributed by atoms with Crippen LogP contribution in [-0.4, -0.2) is 48.1 Å². The molecule has 2 aromatic carbocycles. The van der Waals surface area contributed by atoms with Crippen molar-refractivity contribution in [2.75, 3.05) is 30.4 Å². The van der Waals surface area contributed by atoms with Gasteiger partial charge in [0.15, 0.2) is 0 Å². The van der Waals surface area contributed by atoms with Crippen LogP contribution in [0.4, 0.5) is 22.2 Å². The van der Waals surface area contributed by atoms with Crippen molar-refractivity contribution < 1.29 is 24.2 Å². The van der Waals surface area contributed by atoms with Crippen LogP contribution in [0.15, 0.2) is 40.6 Å². The van der Waals surface area contributed by atoms with Crippen molar-refractivity contribution in [1.29, 1.82) is 0 Å². The number of carboxylic acid groups (broad SMARTS) is 1. The maximum absolute atomic E-state index is 11.7. The molecule has 0 aliphatic carbocycles. The number of hydrogen-bond acceptors (Lipinski definition) is 9. The molecule has 0 saturated heterocycles. The van der Waals surface area contributed by atoms with Crippen molar-refractivity contribution in [2.24, 2.45) is 10.2 Å². The number of halogens is 2. The molecule has 0 radical (unpaired) electrons. The number of thiazole rings is 1. The average molecular weight is 510 g/mol. The van der Waals surface area contributed by atoms with Crippen LogP contribution in [0.5, 0.6) is 0 Å². The quantitative estimate of drug-likeness (QED) is 0.320. The lowest BCUT2D eigenvalue weighted by molar-refractivity contribution is -0.139. The number of nitrogens with zero attached hydrogens (tertiary/aromatic N) is 4. The molecule has 1 aromatic heterocycles. The van der Waals surface area contributed by atoms with Gasteiger partial charge in [-0.3, -0.25) is 14.4 Å². The average Bonchev–Trinajstić information content (AvgIpc) is 3.18. The lowest BCUT2D eigenvalue weighted by Gasteiger charge is -2.22. The number of fused-ring (bicyclic) bond motifs is 1. The molecule has 10 nitrogen and oxygen atoms in total. The summed E-state index contributed by atoms with van der Waals surface area (Å²) < 4.78 is 5.30. The van der Waals surface area contributed by atoms with E-state index in [-0.39, 0.29) is 18.1 Å². The predicted octanol–water partition coefficient (Wildman–Crippen LogP) is 5.04. The summed E-state index contributed by atoms with van der Waals surface area (Å²) in [5, 5.41) is 21.2. The number of nitrogens with one attached hydrogen (secondary N) is 1. The maximum atomic E-state index is 11.7. The molecular formula is C20H17Cl2N5O5S. The molecule has 0 spiro atoms. The number of methoxy groups -OCH3 is 1. The molecule has 1 amide bonds. The molecule has 13 heteroatoms. The third kappa shape index (κ3) is 6.15. The number of amides is 1. The van der Waals surface area contributed by atoms with Gasteiger partial charge >= 0.3 is 11.9 Å². The van der Waals surface area contributed by atoms with Crippen LogP contribution >= 0.6 is 34.5 Å². The van der Waals surface area contributed by atoms with Gasteiger partial charge in [-0.05, 0) is 30.3 Å². The molecule has 1 heterocycles. The van der Waals surface area contributed by atoms with Crippen LogP contribution in [0.3, 0.4) is 0 Å². The minimum absolute atomic E-state index is 0.270. The van der Waals surface area contributed by atoms with E-state index in [9.17, 15) is 19.5 Å². The Labute approximate surface area is 201 Å². The van der Waals surface area contributed by atoms with Crippen LogP contribution in [0.1, 0.15) is 6.92 Å². The number of ether oxygens (including phenoxy) is 1. The van der Waals surface area contributed by atoms with E-state index < -0.39 is 18.5 Å². The van der Waals surface area contributed by atoms with E-state index >= 15 is 0 Å². The summed E-state index contributed by atoms with van der Waals surface area (Å²) in [7, 11) is 1.21. The fraction of sp³-hybridized carbons (Fsp3) is 0.200. The molecule has 0 atom stereocenters. The van der Waals surface area contributed by atoms with Gasteiger partial charge in [0.2, 0.25) is 11.0 Å². The second-order valence-electron chi connectivity index (χ2n) is 6.61. The molecular weight excluding hydrogens is 493 g/mol. The Hall–Kier alpha value is -3.28. The highest BCUT2D eigenvalue weighted by Crippen LogP contribution is 2.38. The van der Waals surface area contributed by atoms with Crippen LogP contribution in [0.25, 0.3) is 10.2 Å². The number of esters is 1. The van der Waals surface area contributed by atoms with E-state index in [1.54, 1.807) is 18.2 Å². The molecule has 0 saturated carbocycles. The van der Waals surface area contributed by atoms with Gasteiger partial charge in [-0.1, -0.05) is 34.5 Å². The van der Waals surface area contributed by atoms with Crippen molar-refractivity contribution in [3.05, 3.63) is 40.4 Å². The molecule has 0 aliphatic heterocycles. The number of benzene rings is 2. The number of rotatable bonds is 8. The molecule has 0 unspecified atom stereocenters. The first kappa shape index (κ1) is 24.4. The van der Waals surface area contributed by atoms with Crippen LogP contribution in [0.2, 0.25) is 10.0 Å². The molecule has 3 aromatic rings. The highest BCUT2D eigenvalue weighted by molar-refractivity contribution is 7.22. The summed E-state index contributed by atoms with van der Waals surface area (Å²) in [5.41, 5.74) is 1.55. The second kappa shape index (κ2) is 10.6. The minimum atomic E-state index is -1.14. The van der Waals surface area contributed by atoms with Gasteiger partial charge in [-0.25, -0.2) is 4.98 Å². The van der Waals surface area contributed by atoms with Crippen molar-refractivity contribution in [3.63, 3.8) is 0 Å². The predicted molar refractivity (Wildman–Crippen MR) is 126 cm³/mol. The Morgan fingerprint density at radius 3 is 2.61 bits per heavy atom. The summed E-state index contributed by atoms with van der Waals surface area (Å²) in [4.78, 5) is 40.3. The Balaban J connectivity index is 1.96.